The lowest BCUT2D eigenvalue weighted by Gasteiger charge is -2.29. The van der Waals surface area contributed by atoms with Gasteiger partial charge in [0.2, 0.25) is 11.9 Å². The maximum atomic E-state index is 13.0. The van der Waals surface area contributed by atoms with E-state index in [9.17, 15) is 13.6 Å². The van der Waals surface area contributed by atoms with Crippen LogP contribution in [0.15, 0.2) is 18.6 Å². The molecule has 5 rings (SSSR count). The Morgan fingerprint density at radius 3 is 2.66 bits per heavy atom. The van der Waals surface area contributed by atoms with Gasteiger partial charge in [-0.3, -0.25) is 4.79 Å². The second-order valence-electron chi connectivity index (χ2n) is 9.15. The number of aryl methyl sites for hydroxylation is 1. The monoisotopic (exact) mass is 483 g/mol. The molecule has 0 aromatic carbocycles. The lowest BCUT2D eigenvalue weighted by atomic mass is 9.85. The Hall–Kier alpha value is -3.70. The van der Waals surface area contributed by atoms with Crippen molar-refractivity contribution in [2.75, 3.05) is 19.4 Å². The van der Waals surface area contributed by atoms with E-state index in [1.54, 1.807) is 44.5 Å². The number of aromatic nitrogens is 7. The Morgan fingerprint density at radius 2 is 1.94 bits per heavy atom. The van der Waals surface area contributed by atoms with Gasteiger partial charge in [-0.1, -0.05) is 0 Å². The summed E-state index contributed by atoms with van der Waals surface area (Å²) in [4.78, 5) is 39.2. The summed E-state index contributed by atoms with van der Waals surface area (Å²) in [5, 5.41) is 4.14. The number of aromatic amines is 1. The zero-order chi connectivity index (χ0) is 24.7. The number of rotatable bonds is 6. The van der Waals surface area contributed by atoms with Crippen LogP contribution in [0.2, 0.25) is 0 Å². The second-order valence-corrected chi connectivity index (χ2v) is 9.15. The average molecular weight is 484 g/mol. The number of carbonyl (C=O) groups excluding carboxylic acids is 1. The minimum atomic E-state index is -2.52. The van der Waals surface area contributed by atoms with Gasteiger partial charge in [-0.25, -0.2) is 28.7 Å². The first-order chi connectivity index (χ1) is 16.8. The van der Waals surface area contributed by atoms with Crippen molar-refractivity contribution < 1.29 is 13.6 Å². The molecule has 0 bridgehead atoms. The number of imidazole rings is 1. The van der Waals surface area contributed by atoms with Crippen molar-refractivity contribution in [2.45, 2.75) is 51.6 Å². The van der Waals surface area contributed by atoms with Gasteiger partial charge in [0.15, 0.2) is 11.3 Å². The number of carbonyl (C=O) groups is 1. The van der Waals surface area contributed by atoms with Gasteiger partial charge >= 0.3 is 0 Å². The van der Waals surface area contributed by atoms with Gasteiger partial charge < -0.3 is 19.8 Å². The average Bonchev–Trinajstić information content (AvgIpc) is 3.39. The standard InChI is InChI=1S/C23H27F2N9O/c1-12-29-20-21(34(12)11-18(24)25)31-17(10-27-20)15-8-26-19-16(15)9-28-23(32-19)30-14-6-4-13(5-7-14)22(35)33(2)3/h8-10,13-14,18H,4-7,11H2,1-3H3,(H2,26,28,30,32). The summed E-state index contributed by atoms with van der Waals surface area (Å²) in [5.41, 5.74) is 2.53. The first-order valence-electron chi connectivity index (χ1n) is 11.6. The summed E-state index contributed by atoms with van der Waals surface area (Å²) in [6.07, 6.45) is 5.96. The number of H-pyrrole nitrogens is 1. The SMILES string of the molecule is Cc1nc2ncc(-c3c[nH]c4nc(NC5CCC(C(=O)N(C)C)CC5)ncc34)nc2n1CC(F)F. The van der Waals surface area contributed by atoms with Gasteiger partial charge in [-0.05, 0) is 32.6 Å². The van der Waals surface area contributed by atoms with Crippen molar-refractivity contribution in [3.63, 3.8) is 0 Å². The van der Waals surface area contributed by atoms with E-state index in [2.05, 4.69) is 35.2 Å². The lowest BCUT2D eigenvalue weighted by Crippen LogP contribution is -2.35. The summed E-state index contributed by atoms with van der Waals surface area (Å²) in [6.45, 7) is 1.17. The van der Waals surface area contributed by atoms with Crippen LogP contribution in [0.4, 0.5) is 14.7 Å². The van der Waals surface area contributed by atoms with Crippen LogP contribution in [0.1, 0.15) is 31.5 Å². The van der Waals surface area contributed by atoms with E-state index in [4.69, 9.17) is 0 Å². The molecule has 0 unspecified atom stereocenters. The molecular formula is C23H27F2N9O. The Balaban J connectivity index is 1.35. The van der Waals surface area contributed by atoms with Gasteiger partial charge in [0.1, 0.15) is 11.5 Å². The van der Waals surface area contributed by atoms with Crippen LogP contribution < -0.4 is 5.32 Å². The number of fused-ring (bicyclic) bond motifs is 2. The molecule has 10 nitrogen and oxygen atoms in total. The fraction of sp³-hybridized carbons (Fsp3) is 0.478. The quantitative estimate of drug-likeness (QED) is 0.432. The fourth-order valence-electron chi connectivity index (χ4n) is 4.71. The Morgan fingerprint density at radius 1 is 1.17 bits per heavy atom. The van der Waals surface area contributed by atoms with Crippen LogP contribution in [-0.2, 0) is 11.3 Å². The summed E-state index contributed by atoms with van der Waals surface area (Å²) in [7, 11) is 3.59. The normalized spacial score (nSPS) is 18.5. The van der Waals surface area contributed by atoms with E-state index in [0.29, 0.717) is 34.4 Å². The van der Waals surface area contributed by atoms with Gasteiger partial charge in [0.05, 0.1) is 18.4 Å². The number of halogens is 2. The third-order valence-corrected chi connectivity index (χ3v) is 6.53. The van der Waals surface area contributed by atoms with Crippen LogP contribution in [0.3, 0.4) is 0 Å². The van der Waals surface area contributed by atoms with E-state index >= 15 is 0 Å². The second kappa shape index (κ2) is 9.16. The largest absolute Gasteiger partial charge is 0.351 e. The first kappa shape index (κ1) is 23.1. The zero-order valence-corrected chi connectivity index (χ0v) is 19.8. The Labute approximate surface area is 200 Å². The molecule has 1 saturated carbocycles. The summed E-state index contributed by atoms with van der Waals surface area (Å²) >= 11 is 0. The van der Waals surface area contributed by atoms with Crippen LogP contribution >= 0.6 is 0 Å². The third-order valence-electron chi connectivity index (χ3n) is 6.53. The van der Waals surface area contributed by atoms with E-state index in [0.717, 1.165) is 36.6 Å². The van der Waals surface area contributed by atoms with Gasteiger partial charge in [0.25, 0.3) is 6.43 Å². The van der Waals surface area contributed by atoms with Gasteiger partial charge in [-0.2, -0.15) is 4.98 Å². The first-order valence-corrected chi connectivity index (χ1v) is 11.6. The zero-order valence-electron chi connectivity index (χ0n) is 19.8. The minimum absolute atomic E-state index is 0.0802. The highest BCUT2D eigenvalue weighted by Crippen LogP contribution is 2.30. The maximum absolute atomic E-state index is 13.0. The molecule has 2 N–H and O–H groups in total. The number of nitrogens with one attached hydrogen (secondary N) is 2. The van der Waals surface area contributed by atoms with E-state index in [-0.39, 0.29) is 17.9 Å². The molecule has 12 heteroatoms. The smallest absolute Gasteiger partial charge is 0.256 e. The summed E-state index contributed by atoms with van der Waals surface area (Å²) in [5.74, 6) is 1.22. The number of hydrogen-bond acceptors (Lipinski definition) is 7. The molecule has 0 aliphatic heterocycles. The minimum Gasteiger partial charge on any atom is -0.351 e. The van der Waals surface area contributed by atoms with Crippen molar-refractivity contribution in [3.8, 4) is 11.3 Å². The molecule has 1 aliphatic rings. The van der Waals surface area contributed by atoms with Crippen molar-refractivity contribution in [2.24, 2.45) is 5.92 Å². The Bertz CT molecular complexity index is 1370. The molecule has 1 aliphatic carbocycles. The topological polar surface area (TPSA) is 118 Å². The molecule has 0 saturated heterocycles. The molecule has 1 amide bonds. The molecule has 184 valence electrons. The molecule has 4 aromatic heterocycles. The number of hydrogen-bond donors (Lipinski definition) is 2. The predicted molar refractivity (Wildman–Crippen MR) is 127 cm³/mol. The highest BCUT2D eigenvalue weighted by molar-refractivity contribution is 5.93. The van der Waals surface area contributed by atoms with Crippen LogP contribution in [0, 0.1) is 12.8 Å². The molecule has 0 atom stereocenters. The molecule has 4 heterocycles. The molecule has 0 spiro atoms. The van der Waals surface area contributed by atoms with Gasteiger partial charge in [0, 0.05) is 49.4 Å². The summed E-state index contributed by atoms with van der Waals surface area (Å²) in [6, 6.07) is 0.208. The number of amides is 1. The molecular weight excluding hydrogens is 456 g/mol. The molecule has 35 heavy (non-hydrogen) atoms. The highest BCUT2D eigenvalue weighted by Gasteiger charge is 2.27. The van der Waals surface area contributed by atoms with Crippen LogP contribution in [0.25, 0.3) is 33.6 Å². The third kappa shape index (κ3) is 4.52. The maximum Gasteiger partial charge on any atom is 0.256 e. The van der Waals surface area contributed by atoms with Crippen molar-refractivity contribution in [3.05, 3.63) is 24.4 Å². The van der Waals surface area contributed by atoms with Crippen LogP contribution in [-0.4, -0.2) is 71.8 Å². The van der Waals surface area contributed by atoms with Crippen molar-refractivity contribution >= 4 is 34.2 Å². The molecule has 4 aromatic rings. The van der Waals surface area contributed by atoms with Crippen molar-refractivity contribution in [1.29, 1.82) is 0 Å². The highest BCUT2D eigenvalue weighted by atomic mass is 19.3. The van der Waals surface area contributed by atoms with Gasteiger partial charge in [-0.15, -0.1) is 0 Å². The van der Waals surface area contributed by atoms with E-state index in [1.807, 2.05) is 0 Å². The lowest BCUT2D eigenvalue weighted by molar-refractivity contribution is -0.133. The number of anilines is 1. The Kier molecular flexibility index (Phi) is 6.03. The number of alkyl halides is 2. The molecule has 1 fully saturated rings. The predicted octanol–water partition coefficient (Wildman–Crippen LogP) is 3.40. The van der Waals surface area contributed by atoms with E-state index in [1.165, 1.54) is 4.57 Å². The summed E-state index contributed by atoms with van der Waals surface area (Å²) < 4.78 is 27.5. The van der Waals surface area contributed by atoms with Crippen molar-refractivity contribution in [1.82, 2.24) is 39.4 Å². The van der Waals surface area contributed by atoms with Crippen LogP contribution in [0.5, 0.6) is 0 Å². The van der Waals surface area contributed by atoms with E-state index < -0.39 is 13.0 Å². The molecule has 0 radical (unpaired) electrons. The fourth-order valence-corrected chi connectivity index (χ4v) is 4.71. The number of nitrogens with zero attached hydrogens (tertiary/aromatic N) is 7.